The van der Waals surface area contributed by atoms with E-state index in [-0.39, 0.29) is 24.4 Å². The molecule has 1 fully saturated rings. The maximum atomic E-state index is 12.0. The van der Waals surface area contributed by atoms with E-state index < -0.39 is 10.0 Å². The highest BCUT2D eigenvalue weighted by molar-refractivity contribution is 7.99. The number of anilines is 2. The van der Waals surface area contributed by atoms with Crippen molar-refractivity contribution in [3.05, 3.63) is 24.3 Å². The lowest BCUT2D eigenvalue weighted by atomic mass is 10.2. The zero-order valence-electron chi connectivity index (χ0n) is 12.2. The van der Waals surface area contributed by atoms with Crippen LogP contribution in [0.5, 0.6) is 0 Å². The first-order chi connectivity index (χ1) is 9.92. The largest absolute Gasteiger partial charge is 0.326 e. The van der Waals surface area contributed by atoms with Crippen molar-refractivity contribution >= 4 is 51.5 Å². The molecule has 0 bridgehead atoms. The van der Waals surface area contributed by atoms with Gasteiger partial charge in [0.2, 0.25) is 15.9 Å². The molecule has 1 atom stereocenters. The quantitative estimate of drug-likeness (QED) is 0.736. The topological polar surface area (TPSA) is 87.3 Å². The minimum Gasteiger partial charge on any atom is -0.326 e. The number of rotatable bonds is 5. The van der Waals surface area contributed by atoms with Gasteiger partial charge in [-0.25, -0.2) is 8.42 Å². The van der Waals surface area contributed by atoms with Crippen molar-refractivity contribution in [3.63, 3.8) is 0 Å². The van der Waals surface area contributed by atoms with Crippen molar-refractivity contribution in [1.82, 2.24) is 5.32 Å². The Morgan fingerprint density at radius 1 is 1.41 bits per heavy atom. The Kier molecular flexibility index (Phi) is 7.47. The highest BCUT2D eigenvalue weighted by Gasteiger charge is 2.16. The minimum atomic E-state index is -3.32. The number of nitrogens with one attached hydrogen (secondary N) is 3. The lowest BCUT2D eigenvalue weighted by molar-refractivity contribution is -0.116. The van der Waals surface area contributed by atoms with Crippen LogP contribution in [-0.4, -0.2) is 44.7 Å². The zero-order valence-corrected chi connectivity index (χ0v) is 14.6. The molecule has 0 aromatic heterocycles. The average molecular weight is 366 g/mol. The third kappa shape index (κ3) is 6.87. The molecule has 0 spiro atoms. The molecule has 3 N–H and O–H groups in total. The average Bonchev–Trinajstić information content (AvgIpc) is 2.38. The maximum Gasteiger partial charge on any atom is 0.229 e. The number of hydrogen-bond acceptors (Lipinski definition) is 5. The van der Waals surface area contributed by atoms with E-state index >= 15 is 0 Å². The molecule has 1 amide bonds. The van der Waals surface area contributed by atoms with Crippen molar-refractivity contribution in [2.45, 2.75) is 12.5 Å². The molecule has 1 aliphatic heterocycles. The molecule has 0 saturated carbocycles. The Morgan fingerprint density at radius 3 is 2.77 bits per heavy atom. The van der Waals surface area contributed by atoms with Gasteiger partial charge in [-0.2, -0.15) is 11.8 Å². The van der Waals surface area contributed by atoms with E-state index in [1.54, 1.807) is 24.3 Å². The van der Waals surface area contributed by atoms with Crippen LogP contribution < -0.4 is 15.4 Å². The second-order valence-electron chi connectivity index (χ2n) is 4.93. The second-order valence-corrected chi connectivity index (χ2v) is 7.83. The summed E-state index contributed by atoms with van der Waals surface area (Å²) in [5, 5.41) is 6.10. The number of halogens is 1. The van der Waals surface area contributed by atoms with Crippen LogP contribution in [0.3, 0.4) is 0 Å². The van der Waals surface area contributed by atoms with Crippen LogP contribution in [0.1, 0.15) is 6.42 Å². The lowest BCUT2D eigenvalue weighted by Crippen LogP contribution is -2.39. The van der Waals surface area contributed by atoms with Crippen molar-refractivity contribution in [1.29, 1.82) is 0 Å². The van der Waals surface area contributed by atoms with Crippen LogP contribution in [-0.2, 0) is 14.8 Å². The molecule has 1 aromatic carbocycles. The van der Waals surface area contributed by atoms with Crippen LogP contribution in [0.15, 0.2) is 24.3 Å². The molecular formula is C13H20ClN3O3S2. The molecule has 0 radical (unpaired) electrons. The Labute approximate surface area is 141 Å². The van der Waals surface area contributed by atoms with Gasteiger partial charge >= 0.3 is 0 Å². The molecule has 0 aliphatic carbocycles. The number of amides is 1. The van der Waals surface area contributed by atoms with E-state index in [1.807, 2.05) is 11.8 Å². The standard InChI is InChI=1S/C13H19N3O3S2.ClH/c1-21(18,19)16-11-4-2-3-10(7-11)15-13(17)8-12-9-20-6-5-14-12;/h2-4,7,12,14,16H,5-6,8-9H2,1H3,(H,15,17);1H. The summed E-state index contributed by atoms with van der Waals surface area (Å²) in [7, 11) is -3.32. The SMILES string of the molecule is CS(=O)(=O)Nc1cccc(NC(=O)CC2CSCCN2)c1.Cl. The molecule has 1 heterocycles. The van der Waals surface area contributed by atoms with Crippen molar-refractivity contribution < 1.29 is 13.2 Å². The molecule has 1 aliphatic rings. The first-order valence-corrected chi connectivity index (χ1v) is 9.66. The van der Waals surface area contributed by atoms with Gasteiger partial charge in [-0.1, -0.05) is 6.07 Å². The first-order valence-electron chi connectivity index (χ1n) is 6.61. The third-order valence-electron chi connectivity index (χ3n) is 2.88. The van der Waals surface area contributed by atoms with Crippen molar-refractivity contribution in [3.8, 4) is 0 Å². The van der Waals surface area contributed by atoms with Gasteiger partial charge in [0.1, 0.15) is 0 Å². The summed E-state index contributed by atoms with van der Waals surface area (Å²) in [6.45, 7) is 0.927. The lowest BCUT2D eigenvalue weighted by Gasteiger charge is -2.22. The summed E-state index contributed by atoms with van der Waals surface area (Å²) in [5.41, 5.74) is 1.01. The van der Waals surface area contributed by atoms with Gasteiger partial charge in [-0.15, -0.1) is 12.4 Å². The van der Waals surface area contributed by atoms with Gasteiger partial charge in [-0.05, 0) is 18.2 Å². The van der Waals surface area contributed by atoms with E-state index in [9.17, 15) is 13.2 Å². The van der Waals surface area contributed by atoms with E-state index in [0.29, 0.717) is 17.8 Å². The predicted molar refractivity (Wildman–Crippen MR) is 94.5 cm³/mol. The van der Waals surface area contributed by atoms with Crippen LogP contribution in [0.25, 0.3) is 0 Å². The summed E-state index contributed by atoms with van der Waals surface area (Å²) in [6, 6.07) is 6.85. The predicted octanol–water partition coefficient (Wildman–Crippen LogP) is 1.51. The monoisotopic (exact) mass is 365 g/mol. The molecule has 9 heteroatoms. The van der Waals surface area contributed by atoms with Gasteiger partial charge in [-0.3, -0.25) is 9.52 Å². The van der Waals surface area contributed by atoms with E-state index in [4.69, 9.17) is 0 Å². The summed E-state index contributed by atoms with van der Waals surface area (Å²) in [4.78, 5) is 12.0. The Bertz CT molecular complexity index is 604. The molecule has 1 unspecified atom stereocenters. The molecule has 1 saturated heterocycles. The summed E-state index contributed by atoms with van der Waals surface area (Å²) in [6.07, 6.45) is 1.50. The van der Waals surface area contributed by atoms with Crippen LogP contribution in [0, 0.1) is 0 Å². The maximum absolute atomic E-state index is 12.0. The van der Waals surface area contributed by atoms with E-state index in [0.717, 1.165) is 24.3 Å². The third-order valence-corrected chi connectivity index (χ3v) is 4.62. The first kappa shape index (κ1) is 19.1. The van der Waals surface area contributed by atoms with Gasteiger partial charge in [0.05, 0.1) is 11.9 Å². The highest BCUT2D eigenvalue weighted by Crippen LogP contribution is 2.17. The van der Waals surface area contributed by atoms with E-state index in [2.05, 4.69) is 15.4 Å². The number of benzene rings is 1. The van der Waals surface area contributed by atoms with Gasteiger partial charge in [0.15, 0.2) is 0 Å². The van der Waals surface area contributed by atoms with Crippen LogP contribution in [0.4, 0.5) is 11.4 Å². The molecule has 22 heavy (non-hydrogen) atoms. The molecule has 124 valence electrons. The second kappa shape index (κ2) is 8.61. The molecule has 1 aromatic rings. The minimum absolute atomic E-state index is 0. The Morgan fingerprint density at radius 2 is 2.14 bits per heavy atom. The van der Waals surface area contributed by atoms with Crippen molar-refractivity contribution in [2.75, 3.05) is 34.3 Å². The van der Waals surface area contributed by atoms with Crippen molar-refractivity contribution in [2.24, 2.45) is 0 Å². The zero-order chi connectivity index (χ0) is 15.3. The highest BCUT2D eigenvalue weighted by atomic mass is 35.5. The van der Waals surface area contributed by atoms with Gasteiger partial charge in [0.25, 0.3) is 0 Å². The summed E-state index contributed by atoms with van der Waals surface area (Å²) >= 11 is 1.84. The normalized spacial score (nSPS) is 18.1. The Balaban J connectivity index is 0.00000242. The summed E-state index contributed by atoms with van der Waals surface area (Å²) < 4.78 is 24.8. The number of sulfonamides is 1. The molecule has 2 rings (SSSR count). The number of carbonyl (C=O) groups is 1. The smallest absolute Gasteiger partial charge is 0.229 e. The fourth-order valence-electron chi connectivity index (χ4n) is 2.06. The number of carbonyl (C=O) groups excluding carboxylic acids is 1. The number of thioether (sulfide) groups is 1. The summed E-state index contributed by atoms with van der Waals surface area (Å²) in [5.74, 6) is 1.94. The fraction of sp³-hybridized carbons (Fsp3) is 0.462. The van der Waals surface area contributed by atoms with Gasteiger partial charge in [0, 0.05) is 36.2 Å². The van der Waals surface area contributed by atoms with Crippen LogP contribution >= 0.6 is 24.2 Å². The fourth-order valence-corrected chi connectivity index (χ4v) is 3.57. The number of hydrogen-bond donors (Lipinski definition) is 3. The van der Waals surface area contributed by atoms with Gasteiger partial charge < -0.3 is 10.6 Å². The molecular weight excluding hydrogens is 346 g/mol. The van der Waals surface area contributed by atoms with Crippen LogP contribution in [0.2, 0.25) is 0 Å². The van der Waals surface area contributed by atoms with E-state index in [1.165, 1.54) is 0 Å². The Hall–Kier alpha value is -0.960. The molecule has 6 nitrogen and oxygen atoms in total.